The van der Waals surface area contributed by atoms with Crippen molar-refractivity contribution in [3.63, 3.8) is 0 Å². The number of nitrogens with zero attached hydrogens (tertiary/aromatic N) is 2. The Balaban J connectivity index is 1.95. The van der Waals surface area contributed by atoms with E-state index >= 15 is 0 Å². The number of benzene rings is 1. The molecule has 0 bridgehead atoms. The molecule has 1 aliphatic heterocycles. The molecular weight excluding hydrogens is 240 g/mol. The summed E-state index contributed by atoms with van der Waals surface area (Å²) in [4.78, 5) is 13.8. The Morgan fingerprint density at radius 3 is 2.74 bits per heavy atom. The van der Waals surface area contributed by atoms with Gasteiger partial charge in [-0.15, -0.1) is 0 Å². The molecule has 1 aromatic carbocycles. The van der Waals surface area contributed by atoms with E-state index in [2.05, 4.69) is 6.07 Å². The van der Waals surface area contributed by atoms with Crippen LogP contribution in [0.5, 0.6) is 0 Å². The van der Waals surface area contributed by atoms with E-state index in [1.165, 1.54) is 0 Å². The summed E-state index contributed by atoms with van der Waals surface area (Å²) in [5, 5.41) is 8.75. The van der Waals surface area contributed by atoms with E-state index in [1.807, 2.05) is 0 Å². The molecular formula is C15H18N2O2. The van der Waals surface area contributed by atoms with Crippen molar-refractivity contribution in [2.75, 3.05) is 18.6 Å². The van der Waals surface area contributed by atoms with E-state index in [0.29, 0.717) is 12.0 Å². The van der Waals surface area contributed by atoms with Gasteiger partial charge in [0.05, 0.1) is 24.2 Å². The second kappa shape index (κ2) is 6.35. The van der Waals surface area contributed by atoms with Crippen LogP contribution >= 0.6 is 0 Å². The van der Waals surface area contributed by atoms with Gasteiger partial charge in [-0.25, -0.2) is 0 Å². The smallest absolute Gasteiger partial charge is 0.229 e. The molecule has 1 aliphatic rings. The van der Waals surface area contributed by atoms with Gasteiger partial charge in [0.25, 0.3) is 0 Å². The van der Waals surface area contributed by atoms with Gasteiger partial charge in [0, 0.05) is 19.3 Å². The summed E-state index contributed by atoms with van der Waals surface area (Å²) in [6, 6.07) is 9.08. The van der Waals surface area contributed by atoms with Crippen LogP contribution in [0.25, 0.3) is 0 Å². The topological polar surface area (TPSA) is 53.3 Å². The van der Waals surface area contributed by atoms with E-state index in [9.17, 15) is 4.79 Å². The normalized spacial score (nSPS) is 18.6. The monoisotopic (exact) mass is 258 g/mol. The van der Waals surface area contributed by atoms with Gasteiger partial charge in [-0.3, -0.25) is 4.79 Å². The van der Waals surface area contributed by atoms with Crippen LogP contribution in [0.1, 0.15) is 31.2 Å². The van der Waals surface area contributed by atoms with Crippen LogP contribution in [0.3, 0.4) is 0 Å². The summed E-state index contributed by atoms with van der Waals surface area (Å²) in [6.07, 6.45) is 3.68. The summed E-state index contributed by atoms with van der Waals surface area (Å²) in [5.41, 5.74) is 1.40. The van der Waals surface area contributed by atoms with Gasteiger partial charge in [-0.2, -0.15) is 5.26 Å². The zero-order valence-electron chi connectivity index (χ0n) is 11.1. The zero-order chi connectivity index (χ0) is 13.7. The minimum Gasteiger partial charge on any atom is -0.378 e. The van der Waals surface area contributed by atoms with Crippen LogP contribution in [0.4, 0.5) is 5.69 Å². The Morgan fingerprint density at radius 1 is 1.42 bits per heavy atom. The van der Waals surface area contributed by atoms with Crippen molar-refractivity contribution >= 4 is 11.6 Å². The van der Waals surface area contributed by atoms with Crippen LogP contribution in [0, 0.1) is 11.3 Å². The third-order valence-corrected chi connectivity index (χ3v) is 3.43. The lowest BCUT2D eigenvalue weighted by Gasteiger charge is -2.25. The molecule has 1 fully saturated rings. The minimum absolute atomic E-state index is 0.0524. The molecule has 1 heterocycles. The summed E-state index contributed by atoms with van der Waals surface area (Å²) in [6.45, 7) is 0.762. The summed E-state index contributed by atoms with van der Waals surface area (Å²) in [5.74, 6) is 0.0524. The average molecular weight is 258 g/mol. The third-order valence-electron chi connectivity index (χ3n) is 3.43. The first-order chi connectivity index (χ1) is 9.20. The summed E-state index contributed by atoms with van der Waals surface area (Å²) >= 11 is 0. The number of amides is 1. The highest BCUT2D eigenvalue weighted by atomic mass is 16.5. The molecule has 1 atom stereocenters. The van der Waals surface area contributed by atoms with E-state index in [4.69, 9.17) is 10.00 Å². The zero-order valence-corrected chi connectivity index (χ0v) is 11.1. The molecule has 0 N–H and O–H groups in total. The highest BCUT2D eigenvalue weighted by Gasteiger charge is 2.20. The quantitative estimate of drug-likeness (QED) is 0.837. The van der Waals surface area contributed by atoms with Crippen molar-refractivity contribution in [3.8, 4) is 6.07 Å². The van der Waals surface area contributed by atoms with E-state index in [-0.39, 0.29) is 12.0 Å². The first-order valence-electron chi connectivity index (χ1n) is 6.59. The first-order valence-corrected chi connectivity index (χ1v) is 6.59. The maximum absolute atomic E-state index is 12.1. The Hall–Kier alpha value is -1.86. The molecule has 1 unspecified atom stereocenters. The fraction of sp³-hybridized carbons (Fsp3) is 0.467. The predicted molar refractivity (Wildman–Crippen MR) is 72.8 cm³/mol. The molecule has 1 amide bonds. The van der Waals surface area contributed by atoms with Gasteiger partial charge in [-0.05, 0) is 43.5 Å². The Kier molecular flexibility index (Phi) is 4.53. The fourth-order valence-electron chi connectivity index (χ4n) is 2.20. The largest absolute Gasteiger partial charge is 0.378 e. The average Bonchev–Trinajstić information content (AvgIpc) is 2.47. The number of nitriles is 1. The third kappa shape index (κ3) is 3.55. The van der Waals surface area contributed by atoms with Gasteiger partial charge in [0.15, 0.2) is 0 Å². The molecule has 0 aliphatic carbocycles. The van der Waals surface area contributed by atoms with E-state index in [0.717, 1.165) is 31.6 Å². The van der Waals surface area contributed by atoms with Gasteiger partial charge in [0.1, 0.15) is 0 Å². The van der Waals surface area contributed by atoms with E-state index in [1.54, 1.807) is 36.2 Å². The molecule has 0 radical (unpaired) electrons. The molecule has 1 saturated heterocycles. The van der Waals surface area contributed by atoms with Crippen molar-refractivity contribution in [1.29, 1.82) is 5.26 Å². The number of ether oxygens (including phenoxy) is 1. The second-order valence-electron chi connectivity index (χ2n) is 4.80. The summed E-state index contributed by atoms with van der Waals surface area (Å²) in [7, 11) is 1.76. The van der Waals surface area contributed by atoms with Gasteiger partial charge in [-0.1, -0.05) is 0 Å². The molecule has 4 heteroatoms. The number of carbonyl (C=O) groups excluding carboxylic acids is 1. The highest BCUT2D eigenvalue weighted by molar-refractivity contribution is 5.93. The molecule has 1 aromatic rings. The second-order valence-corrected chi connectivity index (χ2v) is 4.80. The van der Waals surface area contributed by atoms with Crippen LogP contribution in [-0.4, -0.2) is 25.7 Å². The van der Waals surface area contributed by atoms with Gasteiger partial charge in [0.2, 0.25) is 5.91 Å². The van der Waals surface area contributed by atoms with Crippen LogP contribution in [0.15, 0.2) is 24.3 Å². The molecule has 19 heavy (non-hydrogen) atoms. The minimum atomic E-state index is 0.0524. The number of rotatable bonds is 3. The summed E-state index contributed by atoms with van der Waals surface area (Å²) < 4.78 is 5.58. The molecule has 4 nitrogen and oxygen atoms in total. The Labute approximate surface area is 113 Å². The van der Waals surface area contributed by atoms with Crippen molar-refractivity contribution in [2.24, 2.45) is 0 Å². The molecule has 2 rings (SSSR count). The standard InChI is InChI=1S/C15H18N2O2/c1-17(13-7-5-12(11-16)6-8-13)15(18)10-14-4-2-3-9-19-14/h5-8,14H,2-4,9-10H2,1H3. The van der Waals surface area contributed by atoms with Gasteiger partial charge < -0.3 is 9.64 Å². The van der Waals surface area contributed by atoms with E-state index < -0.39 is 0 Å². The molecule has 100 valence electrons. The lowest BCUT2D eigenvalue weighted by atomic mass is 10.1. The van der Waals surface area contributed by atoms with Crippen molar-refractivity contribution in [2.45, 2.75) is 31.8 Å². The van der Waals surface area contributed by atoms with Crippen LogP contribution < -0.4 is 4.90 Å². The number of hydrogen-bond acceptors (Lipinski definition) is 3. The predicted octanol–water partition coefficient (Wildman–Crippen LogP) is 2.48. The number of carbonyl (C=O) groups is 1. The number of hydrogen-bond donors (Lipinski definition) is 0. The number of anilines is 1. The van der Waals surface area contributed by atoms with Crippen molar-refractivity contribution in [3.05, 3.63) is 29.8 Å². The molecule has 0 saturated carbocycles. The molecule has 0 aromatic heterocycles. The Bertz CT molecular complexity index is 470. The van der Waals surface area contributed by atoms with Crippen molar-refractivity contribution in [1.82, 2.24) is 0 Å². The first kappa shape index (κ1) is 13.6. The van der Waals surface area contributed by atoms with Crippen LogP contribution in [0.2, 0.25) is 0 Å². The highest BCUT2D eigenvalue weighted by Crippen LogP contribution is 2.19. The maximum Gasteiger partial charge on any atom is 0.229 e. The van der Waals surface area contributed by atoms with Gasteiger partial charge >= 0.3 is 0 Å². The van der Waals surface area contributed by atoms with Crippen LogP contribution in [-0.2, 0) is 9.53 Å². The lowest BCUT2D eigenvalue weighted by Crippen LogP contribution is -2.32. The lowest BCUT2D eigenvalue weighted by molar-refractivity contribution is -0.122. The Morgan fingerprint density at radius 2 is 2.16 bits per heavy atom. The SMILES string of the molecule is CN(C(=O)CC1CCCCO1)c1ccc(C#N)cc1. The molecule has 0 spiro atoms. The maximum atomic E-state index is 12.1. The van der Waals surface area contributed by atoms with Crippen molar-refractivity contribution < 1.29 is 9.53 Å². The fourth-order valence-corrected chi connectivity index (χ4v) is 2.20.